The van der Waals surface area contributed by atoms with Crippen molar-refractivity contribution in [3.05, 3.63) is 35.4 Å². The lowest BCUT2D eigenvalue weighted by Crippen LogP contribution is -2.30. The zero-order valence-corrected chi connectivity index (χ0v) is 11.0. The van der Waals surface area contributed by atoms with Crippen molar-refractivity contribution in [3.8, 4) is 0 Å². The van der Waals surface area contributed by atoms with Crippen LogP contribution in [0.15, 0.2) is 24.3 Å². The molecule has 4 nitrogen and oxygen atoms in total. The Bertz CT molecular complexity index is 478. The molecule has 2 amide bonds. The molecule has 0 unspecified atom stereocenters. The second-order valence-corrected chi connectivity index (χ2v) is 5.85. The van der Waals surface area contributed by atoms with Gasteiger partial charge in [0, 0.05) is 29.4 Å². The number of rotatable bonds is 5. The third kappa shape index (κ3) is 2.51. The maximum absolute atomic E-state index is 12.0. The van der Waals surface area contributed by atoms with E-state index in [1.807, 2.05) is 0 Å². The van der Waals surface area contributed by atoms with Crippen LogP contribution >= 0.6 is 0 Å². The van der Waals surface area contributed by atoms with E-state index in [0.29, 0.717) is 29.8 Å². The van der Waals surface area contributed by atoms with E-state index in [9.17, 15) is 13.8 Å². The summed E-state index contributed by atoms with van der Waals surface area (Å²) >= 11 is 0. The molecule has 1 aliphatic heterocycles. The number of unbranched alkanes of at least 4 members (excludes halogenated alkanes) is 1. The second-order valence-electron chi connectivity index (χ2n) is 4.29. The molecule has 1 heterocycles. The van der Waals surface area contributed by atoms with Crippen molar-refractivity contribution < 1.29 is 13.8 Å². The molecule has 1 aromatic rings. The molecule has 5 heteroatoms. The van der Waals surface area contributed by atoms with Crippen molar-refractivity contribution in [3.63, 3.8) is 0 Å². The van der Waals surface area contributed by atoms with Gasteiger partial charge >= 0.3 is 0 Å². The molecule has 0 fully saturated rings. The van der Waals surface area contributed by atoms with Crippen molar-refractivity contribution in [2.24, 2.45) is 0 Å². The topological polar surface area (TPSA) is 54.5 Å². The van der Waals surface area contributed by atoms with Gasteiger partial charge in [-0.1, -0.05) is 12.1 Å². The van der Waals surface area contributed by atoms with E-state index < -0.39 is 10.8 Å². The molecule has 2 rings (SSSR count). The van der Waals surface area contributed by atoms with Gasteiger partial charge in [0.25, 0.3) is 11.8 Å². The zero-order valence-electron chi connectivity index (χ0n) is 10.2. The fraction of sp³-hybridized carbons (Fsp3) is 0.385. The van der Waals surface area contributed by atoms with Crippen LogP contribution < -0.4 is 0 Å². The van der Waals surface area contributed by atoms with Crippen molar-refractivity contribution in [1.82, 2.24) is 4.90 Å². The van der Waals surface area contributed by atoms with Gasteiger partial charge < -0.3 is 0 Å². The molecule has 1 aliphatic rings. The molecule has 1 aromatic carbocycles. The molecule has 0 radical (unpaired) electrons. The summed E-state index contributed by atoms with van der Waals surface area (Å²) in [5.41, 5.74) is 0.975. The molecular formula is C13H15NO3S. The summed E-state index contributed by atoms with van der Waals surface area (Å²) < 4.78 is 10.9. The fourth-order valence-corrected chi connectivity index (χ4v) is 2.63. The van der Waals surface area contributed by atoms with Crippen LogP contribution in [0, 0.1) is 0 Å². The van der Waals surface area contributed by atoms with E-state index >= 15 is 0 Å². The molecule has 1 atom stereocenters. The Morgan fingerprint density at radius 1 is 1.06 bits per heavy atom. The lowest BCUT2D eigenvalue weighted by molar-refractivity contribution is 0.0652. The standard InChI is InChI=1S/C13H15NO3S/c1-18(17)9-5-4-8-14-12(15)10-6-2-3-7-11(10)13(14)16/h2-3,6-7H,4-5,8-9H2,1H3/t18-/m1/s1. The highest BCUT2D eigenvalue weighted by Crippen LogP contribution is 2.22. The van der Waals surface area contributed by atoms with Crippen molar-refractivity contribution in [1.29, 1.82) is 0 Å². The van der Waals surface area contributed by atoms with Crippen molar-refractivity contribution in [2.45, 2.75) is 12.8 Å². The Hall–Kier alpha value is -1.49. The van der Waals surface area contributed by atoms with Crippen LogP contribution in [0.1, 0.15) is 33.6 Å². The Balaban J connectivity index is 1.99. The third-order valence-corrected chi connectivity index (χ3v) is 3.81. The predicted octanol–water partition coefficient (Wildman–Crippen LogP) is 1.44. The van der Waals surface area contributed by atoms with Gasteiger partial charge in [0.2, 0.25) is 0 Å². The van der Waals surface area contributed by atoms with Crippen LogP contribution in [-0.4, -0.2) is 39.5 Å². The summed E-state index contributed by atoms with van der Waals surface area (Å²) in [6.07, 6.45) is 3.11. The number of carbonyl (C=O) groups is 2. The lowest BCUT2D eigenvalue weighted by Gasteiger charge is -2.12. The SMILES string of the molecule is C[S@@](=O)CCCCN1C(=O)c2ccccc2C1=O. The van der Waals surface area contributed by atoms with Gasteiger partial charge in [-0.25, -0.2) is 0 Å². The molecule has 0 saturated carbocycles. The Morgan fingerprint density at radius 2 is 1.61 bits per heavy atom. The summed E-state index contributed by atoms with van der Waals surface area (Å²) in [5, 5.41) is 0. The average molecular weight is 265 g/mol. The highest BCUT2D eigenvalue weighted by molar-refractivity contribution is 7.84. The molecule has 96 valence electrons. The minimum absolute atomic E-state index is 0.215. The number of imide groups is 1. The molecule has 0 bridgehead atoms. The van der Waals surface area contributed by atoms with Gasteiger partial charge in [-0.05, 0) is 25.0 Å². The first-order valence-electron chi connectivity index (χ1n) is 5.86. The van der Waals surface area contributed by atoms with E-state index in [2.05, 4.69) is 0 Å². The summed E-state index contributed by atoms with van der Waals surface area (Å²) in [7, 11) is -0.814. The minimum Gasteiger partial charge on any atom is -0.274 e. The quantitative estimate of drug-likeness (QED) is 0.598. The van der Waals surface area contributed by atoms with Gasteiger partial charge in [0.15, 0.2) is 0 Å². The first-order chi connectivity index (χ1) is 8.61. The Morgan fingerprint density at radius 3 is 2.11 bits per heavy atom. The number of fused-ring (bicyclic) bond motifs is 1. The molecule has 0 aliphatic carbocycles. The maximum atomic E-state index is 12.0. The average Bonchev–Trinajstić information content (AvgIpc) is 2.59. The number of hydrogen-bond donors (Lipinski definition) is 0. The number of nitrogens with zero attached hydrogens (tertiary/aromatic N) is 1. The predicted molar refractivity (Wildman–Crippen MR) is 70.0 cm³/mol. The number of carbonyl (C=O) groups excluding carboxylic acids is 2. The maximum Gasteiger partial charge on any atom is 0.261 e. The van der Waals surface area contributed by atoms with E-state index in [1.165, 1.54) is 4.90 Å². The van der Waals surface area contributed by atoms with E-state index in [4.69, 9.17) is 0 Å². The molecule has 0 spiro atoms. The summed E-state index contributed by atoms with van der Waals surface area (Å²) in [5.74, 6) is 0.185. The molecular weight excluding hydrogens is 250 g/mol. The molecule has 0 N–H and O–H groups in total. The fourth-order valence-electron chi connectivity index (χ4n) is 2.02. The normalized spacial score (nSPS) is 15.9. The van der Waals surface area contributed by atoms with Gasteiger partial charge in [-0.2, -0.15) is 0 Å². The van der Waals surface area contributed by atoms with Crippen molar-refractivity contribution >= 4 is 22.6 Å². The van der Waals surface area contributed by atoms with E-state index in [-0.39, 0.29) is 11.8 Å². The smallest absolute Gasteiger partial charge is 0.261 e. The van der Waals surface area contributed by atoms with Crippen LogP contribution in [0.4, 0.5) is 0 Å². The van der Waals surface area contributed by atoms with Crippen LogP contribution in [0.2, 0.25) is 0 Å². The molecule has 18 heavy (non-hydrogen) atoms. The first kappa shape index (κ1) is 13.0. The third-order valence-electron chi connectivity index (χ3n) is 2.94. The Labute approximate surface area is 108 Å². The van der Waals surface area contributed by atoms with Gasteiger partial charge in [-0.3, -0.25) is 18.7 Å². The van der Waals surface area contributed by atoms with Crippen LogP contribution in [-0.2, 0) is 10.8 Å². The lowest BCUT2D eigenvalue weighted by atomic mass is 10.1. The minimum atomic E-state index is -0.814. The van der Waals surface area contributed by atoms with Crippen LogP contribution in [0.5, 0.6) is 0 Å². The van der Waals surface area contributed by atoms with Crippen LogP contribution in [0.3, 0.4) is 0 Å². The number of benzene rings is 1. The first-order valence-corrected chi connectivity index (χ1v) is 7.59. The highest BCUT2D eigenvalue weighted by atomic mass is 32.2. The monoisotopic (exact) mass is 265 g/mol. The van der Waals surface area contributed by atoms with Crippen LogP contribution in [0.25, 0.3) is 0 Å². The molecule has 0 aromatic heterocycles. The number of hydrogen-bond acceptors (Lipinski definition) is 3. The zero-order chi connectivity index (χ0) is 13.1. The summed E-state index contributed by atoms with van der Waals surface area (Å²) in [6.45, 7) is 0.406. The van der Waals surface area contributed by atoms with Gasteiger partial charge in [0.1, 0.15) is 0 Å². The number of amides is 2. The van der Waals surface area contributed by atoms with Gasteiger partial charge in [-0.15, -0.1) is 0 Å². The van der Waals surface area contributed by atoms with Gasteiger partial charge in [0.05, 0.1) is 11.1 Å². The summed E-state index contributed by atoms with van der Waals surface area (Å²) in [4.78, 5) is 25.2. The van der Waals surface area contributed by atoms with E-state index in [0.717, 1.165) is 6.42 Å². The summed E-state index contributed by atoms with van der Waals surface area (Å²) in [6, 6.07) is 6.87. The Kier molecular flexibility index (Phi) is 3.91. The highest BCUT2D eigenvalue weighted by Gasteiger charge is 2.34. The largest absolute Gasteiger partial charge is 0.274 e. The van der Waals surface area contributed by atoms with Crippen molar-refractivity contribution in [2.75, 3.05) is 18.6 Å². The second kappa shape index (κ2) is 5.44. The van der Waals surface area contributed by atoms with E-state index in [1.54, 1.807) is 30.5 Å². The molecule has 0 saturated heterocycles.